The molecule has 0 bridgehead atoms. The molecular formula is C13H26O31S9. The molecule has 0 aromatic carbocycles. The van der Waals surface area contributed by atoms with Gasteiger partial charge in [0.2, 0.25) is 0 Å². The van der Waals surface area contributed by atoms with Gasteiger partial charge in [-0.15, -0.1) is 0 Å². The summed E-state index contributed by atoms with van der Waals surface area (Å²) in [5.41, 5.74) is 0. The molecule has 9 atom stereocenters. The monoisotopic (exact) mass is 966 g/mol. The second-order valence-corrected chi connectivity index (χ2v) is 16.4. The van der Waals surface area contributed by atoms with Crippen LogP contribution in [0.1, 0.15) is 6.42 Å². The van der Waals surface area contributed by atoms with E-state index in [-0.39, 0.29) is 0 Å². The van der Waals surface area contributed by atoms with E-state index in [1.165, 1.54) is 0 Å². The largest absolute Gasteiger partial charge is 0.397 e. The molecule has 0 aromatic rings. The molecule has 1 rings (SSSR count). The predicted molar refractivity (Wildman–Crippen MR) is 160 cm³/mol. The number of ether oxygens (including phenoxy) is 1. The normalized spacial score (nSPS) is 24.3. The van der Waals surface area contributed by atoms with E-state index in [0.717, 1.165) is 0 Å². The summed E-state index contributed by atoms with van der Waals surface area (Å²) in [6.07, 6.45) is -22.7. The minimum atomic E-state index is -6.03. The third kappa shape index (κ3) is 20.7. The second-order valence-electron chi connectivity index (χ2n) is 9.19. The molecule has 0 aliphatic heterocycles. The van der Waals surface area contributed by atoms with Crippen LogP contribution in [-0.2, 0) is 139 Å². The Hall–Kier alpha value is -0.970. The van der Waals surface area contributed by atoms with Gasteiger partial charge in [0.05, 0.1) is 25.9 Å². The van der Waals surface area contributed by atoms with Crippen molar-refractivity contribution in [3.8, 4) is 0 Å². The average molecular weight is 967 g/mol. The van der Waals surface area contributed by atoms with Crippen molar-refractivity contribution in [2.45, 2.75) is 55.3 Å². The summed E-state index contributed by atoms with van der Waals surface area (Å²) in [7, 11) is -42.4. The van der Waals surface area contributed by atoms with Crippen molar-refractivity contribution in [3.05, 3.63) is 0 Å². The Morgan fingerprint density at radius 3 is 1.45 bits per heavy atom. The van der Waals surface area contributed by atoms with E-state index >= 15 is 0 Å². The van der Waals surface area contributed by atoms with E-state index in [1.54, 1.807) is 0 Å². The standard InChI is InChI=1S/C13H26O31S9/c14-45(15)36-2-5-1-6(11(43-52(29,30)31)13(42-50(24)25)9(5)40-48(20)21)35-3-7(38-46(16)17)12(44-53(32,33)34)10(41-49(22)23)8(39-47(18)19)4-37-51(26,27)28/h5-13,45-50H,1-4H2,(H,26,27,28)(H,29,30,31)(H,32,33,34)/t5-,6-,7-,8-,9-,10-,11+,12-,13+/m1/s1. The van der Waals surface area contributed by atoms with Crippen molar-refractivity contribution in [2.75, 3.05) is 19.8 Å². The summed E-state index contributed by atoms with van der Waals surface area (Å²) in [4.78, 5) is 0. The fourth-order valence-corrected chi connectivity index (χ4v) is 8.14. The Kier molecular flexibility index (Phi) is 20.9. The van der Waals surface area contributed by atoms with Gasteiger partial charge in [0.15, 0.2) is 0 Å². The van der Waals surface area contributed by atoms with Gasteiger partial charge < -0.3 is 4.74 Å². The van der Waals surface area contributed by atoms with Crippen molar-refractivity contribution in [1.29, 1.82) is 0 Å². The quantitative estimate of drug-likeness (QED) is 0.0287. The average Bonchev–Trinajstić information content (AvgIpc) is 2.94. The Morgan fingerprint density at radius 1 is 0.547 bits per heavy atom. The van der Waals surface area contributed by atoms with Gasteiger partial charge in [0.25, 0.3) is 65.9 Å². The molecule has 1 saturated carbocycles. The first kappa shape index (κ1) is 50.0. The van der Waals surface area contributed by atoms with Crippen LogP contribution in [0.2, 0.25) is 0 Å². The zero-order valence-electron chi connectivity index (χ0n) is 24.7. The van der Waals surface area contributed by atoms with Crippen LogP contribution in [0.5, 0.6) is 0 Å². The molecule has 3 N–H and O–H groups in total. The Balaban J connectivity index is 3.97. The minimum Gasteiger partial charge on any atom is -0.372 e. The van der Waals surface area contributed by atoms with Gasteiger partial charge in [-0.2, -0.15) is 25.3 Å². The van der Waals surface area contributed by atoms with Crippen LogP contribution in [0.25, 0.3) is 0 Å². The fraction of sp³-hybridized carbons (Fsp3) is 1.00. The van der Waals surface area contributed by atoms with Gasteiger partial charge in [-0.3, -0.25) is 38.8 Å². The molecule has 40 heteroatoms. The molecule has 0 heterocycles. The molecule has 53 heavy (non-hydrogen) atoms. The van der Waals surface area contributed by atoms with Crippen LogP contribution in [0.4, 0.5) is 0 Å². The molecule has 1 fully saturated rings. The van der Waals surface area contributed by atoms with Crippen molar-refractivity contribution in [3.63, 3.8) is 0 Å². The topological polar surface area (TPSA) is 460 Å². The fourth-order valence-electron chi connectivity index (χ4n) is 4.31. The van der Waals surface area contributed by atoms with Gasteiger partial charge >= 0.3 is 31.2 Å². The molecule has 318 valence electrons. The summed E-state index contributed by atoms with van der Waals surface area (Å²) < 4.78 is 278. The van der Waals surface area contributed by atoms with Gasteiger partial charge in [0, 0.05) is 5.92 Å². The summed E-state index contributed by atoms with van der Waals surface area (Å²) in [6.45, 7) is -4.72. The second kappa shape index (κ2) is 22.1. The van der Waals surface area contributed by atoms with Crippen molar-refractivity contribution in [1.82, 2.24) is 0 Å². The Labute approximate surface area is 308 Å². The summed E-state index contributed by atoms with van der Waals surface area (Å²) in [6, 6.07) is 0. The van der Waals surface area contributed by atoms with E-state index in [2.05, 4.69) is 37.6 Å². The first-order valence-electron chi connectivity index (χ1n) is 12.5. The maximum atomic E-state index is 11.8. The molecule has 0 aromatic heterocycles. The van der Waals surface area contributed by atoms with E-state index < -0.39 is 178 Å². The Bertz CT molecular complexity index is 1990. The number of hydrogen-bond donors (Lipinski definition) is 9. The van der Waals surface area contributed by atoms with Gasteiger partial charge in [0.1, 0.15) is 42.7 Å². The molecule has 0 unspecified atom stereocenters. The van der Waals surface area contributed by atoms with Crippen molar-refractivity contribution >= 4 is 97.1 Å². The van der Waals surface area contributed by atoms with Gasteiger partial charge in [-0.1, -0.05) is 0 Å². The van der Waals surface area contributed by atoms with Crippen LogP contribution in [0.15, 0.2) is 0 Å². The number of rotatable bonds is 26. The van der Waals surface area contributed by atoms with Crippen molar-refractivity contribution in [2.24, 2.45) is 5.92 Å². The molecule has 1 aliphatic rings. The molecule has 1 aliphatic carbocycles. The molecule has 31 nitrogen and oxygen atoms in total. The highest BCUT2D eigenvalue weighted by Crippen LogP contribution is 2.35. The third-order valence-electron chi connectivity index (χ3n) is 5.85. The van der Waals surface area contributed by atoms with E-state index in [1.807, 2.05) is 0 Å². The molecule has 0 spiro atoms. The van der Waals surface area contributed by atoms with Crippen LogP contribution in [0, 0.1) is 5.92 Å². The smallest absolute Gasteiger partial charge is 0.372 e. The van der Waals surface area contributed by atoms with E-state index in [9.17, 15) is 84.9 Å². The molecule has 0 amide bonds. The zero-order chi connectivity index (χ0) is 41.1. The summed E-state index contributed by atoms with van der Waals surface area (Å²) >= 11 is 0. The number of thiol groups is 6. The highest BCUT2D eigenvalue weighted by molar-refractivity contribution is 7.81. The first-order valence-corrected chi connectivity index (χ1v) is 23.1. The lowest BCUT2D eigenvalue weighted by molar-refractivity contribution is -0.164. The lowest BCUT2D eigenvalue weighted by Gasteiger charge is -2.43. The van der Waals surface area contributed by atoms with Crippen LogP contribution < -0.4 is 0 Å². The van der Waals surface area contributed by atoms with Gasteiger partial charge in [-0.05, 0) is 6.42 Å². The molecule has 0 radical (unpaired) electrons. The maximum Gasteiger partial charge on any atom is 0.397 e. The molecule has 0 saturated heterocycles. The Morgan fingerprint density at radius 2 is 1.04 bits per heavy atom. The number of hydrogen-bond acceptors (Lipinski definition) is 28. The van der Waals surface area contributed by atoms with Crippen LogP contribution in [0.3, 0.4) is 0 Å². The third-order valence-corrected chi connectivity index (χ3v) is 9.71. The van der Waals surface area contributed by atoms with E-state index in [0.29, 0.717) is 0 Å². The lowest BCUT2D eigenvalue weighted by Crippen LogP contribution is -2.59. The van der Waals surface area contributed by atoms with E-state index in [4.69, 9.17) is 9.29 Å². The van der Waals surface area contributed by atoms with Crippen molar-refractivity contribution < 1.29 is 132 Å². The lowest BCUT2D eigenvalue weighted by atomic mass is 9.81. The van der Waals surface area contributed by atoms with Gasteiger partial charge in [-0.25, -0.2) is 63.1 Å². The summed E-state index contributed by atoms with van der Waals surface area (Å²) in [5, 5.41) is 0. The first-order chi connectivity index (χ1) is 24.1. The maximum absolute atomic E-state index is 11.8. The van der Waals surface area contributed by atoms with Crippen LogP contribution >= 0.6 is 0 Å². The summed E-state index contributed by atoms with van der Waals surface area (Å²) in [5.74, 6) is -1.79. The zero-order valence-corrected chi connectivity index (χ0v) is 32.5. The molecular weight excluding hydrogens is 941 g/mol. The highest BCUT2D eigenvalue weighted by Gasteiger charge is 2.52. The minimum absolute atomic E-state index is 1.04. The predicted octanol–water partition coefficient (Wildman–Crippen LogP) is -8.31. The van der Waals surface area contributed by atoms with Crippen LogP contribution in [-0.4, -0.2) is 158 Å². The SMILES string of the molecule is O=[SH](=O)OC[C@H]1C[C@@H](OC[C@@H](O[SH](=O)=O)[C@@H](OS(=O)(=O)O)[C@H](O[SH](=O)=O)[C@@H](COS(=O)(=O)O)O[SH](=O)=O)[C@H](OS(=O)(=O)O)[C@@H](O[SH](=O)=O)[C@@H]1O[SH](=O)=O. The highest BCUT2D eigenvalue weighted by atomic mass is 32.3.